The molecule has 0 unspecified atom stereocenters. The Balaban J connectivity index is 3.24. The van der Waals surface area contributed by atoms with E-state index in [4.69, 9.17) is 0 Å². The van der Waals surface area contributed by atoms with Crippen LogP contribution in [-0.2, 0) is 5.41 Å². The van der Waals surface area contributed by atoms with Crippen LogP contribution in [0.1, 0.15) is 52.7 Å². The van der Waals surface area contributed by atoms with Crippen LogP contribution in [0.3, 0.4) is 0 Å². The second-order valence-electron chi connectivity index (χ2n) is 6.79. The van der Waals surface area contributed by atoms with Crippen LogP contribution in [0.4, 0.5) is 5.69 Å². The molecular weight excluding hydrogens is 210 g/mol. The smallest absolute Gasteiger partial charge is 0.0645 e. The van der Waals surface area contributed by atoms with Gasteiger partial charge < -0.3 is 0 Å². The van der Waals surface area contributed by atoms with Crippen molar-refractivity contribution in [2.24, 2.45) is 0 Å². The molecule has 1 aromatic rings. The van der Waals surface area contributed by atoms with Gasteiger partial charge in [-0.3, -0.25) is 10.3 Å². The second-order valence-corrected chi connectivity index (χ2v) is 6.79. The number of hydrogen-bond donors (Lipinski definition) is 1. The summed E-state index contributed by atoms with van der Waals surface area (Å²) in [5.41, 5.74) is 3.09. The first kappa shape index (κ1) is 14.0. The third kappa shape index (κ3) is 3.47. The zero-order chi connectivity index (χ0) is 13.4. The molecule has 0 aliphatic carbocycles. The van der Waals surface area contributed by atoms with Crippen molar-refractivity contribution >= 4 is 5.69 Å². The fourth-order valence-electron chi connectivity index (χ4n) is 1.71. The van der Waals surface area contributed by atoms with Crippen molar-refractivity contribution in [2.45, 2.75) is 59.4 Å². The van der Waals surface area contributed by atoms with Crippen LogP contribution in [0, 0.1) is 6.92 Å². The number of benzene rings is 1. The quantitative estimate of drug-likeness (QED) is 0.734. The highest BCUT2D eigenvalue weighted by Gasteiger charge is 2.22. The molecule has 1 aromatic carbocycles. The Morgan fingerprint density at radius 1 is 0.941 bits per heavy atom. The first-order chi connectivity index (χ1) is 7.51. The SMILES string of the molecule is Cc1cc(N(O)C(C)(C)C)cc(C(C)(C)C)c1. The van der Waals surface area contributed by atoms with Gasteiger partial charge >= 0.3 is 0 Å². The number of anilines is 1. The highest BCUT2D eigenvalue weighted by atomic mass is 16.5. The average molecular weight is 235 g/mol. The molecule has 17 heavy (non-hydrogen) atoms. The number of rotatable bonds is 1. The first-order valence-electron chi connectivity index (χ1n) is 6.13. The van der Waals surface area contributed by atoms with E-state index in [2.05, 4.69) is 39.8 Å². The Morgan fingerprint density at radius 2 is 1.47 bits per heavy atom. The van der Waals surface area contributed by atoms with Crippen LogP contribution in [0.25, 0.3) is 0 Å². The van der Waals surface area contributed by atoms with E-state index in [1.807, 2.05) is 26.8 Å². The van der Waals surface area contributed by atoms with E-state index < -0.39 is 0 Å². The van der Waals surface area contributed by atoms with Gasteiger partial charge in [-0.25, -0.2) is 0 Å². The summed E-state index contributed by atoms with van der Waals surface area (Å²) < 4.78 is 0. The molecule has 0 fully saturated rings. The van der Waals surface area contributed by atoms with Gasteiger partial charge in [0.05, 0.1) is 11.2 Å². The Hall–Kier alpha value is -1.02. The number of aryl methyl sites for hydroxylation is 1. The molecule has 2 heteroatoms. The molecule has 0 bridgehead atoms. The van der Waals surface area contributed by atoms with E-state index in [1.54, 1.807) is 0 Å². The van der Waals surface area contributed by atoms with Crippen LogP contribution in [0.15, 0.2) is 18.2 Å². The summed E-state index contributed by atoms with van der Waals surface area (Å²) in [6.45, 7) is 14.6. The zero-order valence-electron chi connectivity index (χ0n) is 12.1. The van der Waals surface area contributed by atoms with Gasteiger partial charge in [-0.15, -0.1) is 0 Å². The lowest BCUT2D eigenvalue weighted by Gasteiger charge is -2.32. The van der Waals surface area contributed by atoms with Crippen LogP contribution in [-0.4, -0.2) is 10.7 Å². The fraction of sp³-hybridized carbons (Fsp3) is 0.600. The molecule has 0 radical (unpaired) electrons. The summed E-state index contributed by atoms with van der Waals surface area (Å²) in [6, 6.07) is 6.26. The van der Waals surface area contributed by atoms with Crippen molar-refractivity contribution in [1.29, 1.82) is 0 Å². The maximum absolute atomic E-state index is 10.2. The third-order valence-electron chi connectivity index (χ3n) is 2.81. The van der Waals surface area contributed by atoms with E-state index in [1.165, 1.54) is 16.2 Å². The first-order valence-corrected chi connectivity index (χ1v) is 6.13. The minimum Gasteiger partial charge on any atom is -0.288 e. The van der Waals surface area contributed by atoms with Gasteiger partial charge in [-0.1, -0.05) is 26.8 Å². The van der Waals surface area contributed by atoms with E-state index in [-0.39, 0.29) is 11.0 Å². The maximum Gasteiger partial charge on any atom is 0.0645 e. The van der Waals surface area contributed by atoms with Crippen molar-refractivity contribution < 1.29 is 5.21 Å². The van der Waals surface area contributed by atoms with Gasteiger partial charge in [-0.2, -0.15) is 0 Å². The molecule has 96 valence electrons. The summed E-state index contributed by atoms with van der Waals surface area (Å²) in [7, 11) is 0. The molecule has 1 N–H and O–H groups in total. The number of hydroxylamine groups is 1. The summed E-state index contributed by atoms with van der Waals surface area (Å²) in [5.74, 6) is 0. The molecule has 0 aromatic heterocycles. The Bertz CT molecular complexity index is 396. The predicted molar refractivity (Wildman–Crippen MR) is 73.9 cm³/mol. The zero-order valence-corrected chi connectivity index (χ0v) is 12.1. The van der Waals surface area contributed by atoms with E-state index >= 15 is 0 Å². The molecule has 0 spiro atoms. The largest absolute Gasteiger partial charge is 0.288 e. The fourth-order valence-corrected chi connectivity index (χ4v) is 1.71. The summed E-state index contributed by atoms with van der Waals surface area (Å²) in [4.78, 5) is 0. The van der Waals surface area contributed by atoms with Crippen molar-refractivity contribution in [1.82, 2.24) is 0 Å². The maximum atomic E-state index is 10.2. The average Bonchev–Trinajstić information content (AvgIpc) is 2.12. The molecule has 0 heterocycles. The second kappa shape index (κ2) is 4.34. The summed E-state index contributed by atoms with van der Waals surface area (Å²) >= 11 is 0. The lowest BCUT2D eigenvalue weighted by molar-refractivity contribution is 0.181. The van der Waals surface area contributed by atoms with Gasteiger partial charge in [-0.05, 0) is 56.4 Å². The third-order valence-corrected chi connectivity index (χ3v) is 2.81. The Morgan fingerprint density at radius 3 is 1.88 bits per heavy atom. The highest BCUT2D eigenvalue weighted by molar-refractivity contribution is 5.51. The topological polar surface area (TPSA) is 23.5 Å². The molecular formula is C15H25NO. The van der Waals surface area contributed by atoms with Gasteiger partial charge in [0.25, 0.3) is 0 Å². The lowest BCUT2D eigenvalue weighted by atomic mass is 9.85. The van der Waals surface area contributed by atoms with Crippen LogP contribution >= 0.6 is 0 Å². The van der Waals surface area contributed by atoms with Gasteiger partial charge in [0.1, 0.15) is 0 Å². The number of nitrogens with zero attached hydrogens (tertiary/aromatic N) is 1. The summed E-state index contributed by atoms with van der Waals surface area (Å²) in [5, 5.41) is 11.5. The standard InChI is InChI=1S/C15H25NO/c1-11-8-12(14(2,3)4)10-13(9-11)16(17)15(5,6)7/h8-10,17H,1-7H3. The highest BCUT2D eigenvalue weighted by Crippen LogP contribution is 2.30. The molecule has 2 nitrogen and oxygen atoms in total. The summed E-state index contributed by atoms with van der Waals surface area (Å²) in [6.07, 6.45) is 0. The minimum atomic E-state index is -0.289. The molecule has 0 saturated heterocycles. The number of hydrogen-bond acceptors (Lipinski definition) is 2. The van der Waals surface area contributed by atoms with Crippen LogP contribution in [0.5, 0.6) is 0 Å². The van der Waals surface area contributed by atoms with Gasteiger partial charge in [0.2, 0.25) is 0 Å². The minimum absolute atomic E-state index is 0.0967. The van der Waals surface area contributed by atoms with Gasteiger partial charge in [0, 0.05) is 0 Å². The lowest BCUT2D eigenvalue weighted by Crippen LogP contribution is -2.38. The molecule has 0 aliphatic rings. The van der Waals surface area contributed by atoms with Crippen LogP contribution in [0.2, 0.25) is 0 Å². The van der Waals surface area contributed by atoms with E-state index in [0.29, 0.717) is 0 Å². The molecule has 0 saturated carbocycles. The Labute approximate surface area is 105 Å². The van der Waals surface area contributed by atoms with E-state index in [0.717, 1.165) is 5.69 Å². The predicted octanol–water partition coefficient (Wildman–Crippen LogP) is 4.29. The molecule has 0 atom stereocenters. The monoisotopic (exact) mass is 235 g/mol. The Kier molecular flexibility index (Phi) is 3.58. The normalized spacial score (nSPS) is 12.7. The van der Waals surface area contributed by atoms with Gasteiger partial charge in [0.15, 0.2) is 0 Å². The van der Waals surface area contributed by atoms with Crippen molar-refractivity contribution in [3.63, 3.8) is 0 Å². The van der Waals surface area contributed by atoms with Crippen LogP contribution < -0.4 is 5.06 Å². The van der Waals surface area contributed by atoms with E-state index in [9.17, 15) is 5.21 Å². The molecule has 1 rings (SSSR count). The van der Waals surface area contributed by atoms with Crippen molar-refractivity contribution in [3.05, 3.63) is 29.3 Å². The molecule has 0 aliphatic heterocycles. The van der Waals surface area contributed by atoms with Crippen molar-refractivity contribution in [3.8, 4) is 0 Å². The molecule has 0 amide bonds. The van der Waals surface area contributed by atoms with Crippen molar-refractivity contribution in [2.75, 3.05) is 5.06 Å².